The summed E-state index contributed by atoms with van der Waals surface area (Å²) in [5.41, 5.74) is -0.304. The Hall–Kier alpha value is -1.14. The summed E-state index contributed by atoms with van der Waals surface area (Å²) in [5.74, 6) is 0.0825. The summed E-state index contributed by atoms with van der Waals surface area (Å²) >= 11 is 12.5. The molecule has 0 bridgehead atoms. The average molecular weight is 352 g/mol. The molecule has 126 valence electrons. The maximum Gasteiger partial charge on any atom is 0.349 e. The minimum atomic E-state index is -0.559. The van der Waals surface area contributed by atoms with Gasteiger partial charge in [0.25, 0.3) is 5.88 Å². The number of nitrogens with zero attached hydrogens (tertiary/aromatic N) is 2. The lowest BCUT2D eigenvalue weighted by Gasteiger charge is -2.24. The second kappa shape index (κ2) is 9.79. The van der Waals surface area contributed by atoms with Gasteiger partial charge in [0, 0.05) is 13.1 Å². The highest BCUT2D eigenvalue weighted by Crippen LogP contribution is 2.28. The van der Waals surface area contributed by atoms with Crippen molar-refractivity contribution in [1.82, 2.24) is 10.2 Å². The quantitative estimate of drug-likeness (QED) is 0.390. The third-order valence-corrected chi connectivity index (χ3v) is 4.14. The Labute approximate surface area is 141 Å². The molecule has 1 fully saturated rings. The molecule has 1 aliphatic rings. The molecule has 1 heterocycles. The van der Waals surface area contributed by atoms with Crippen LogP contribution in [0.15, 0.2) is 21.8 Å². The first-order valence-electron chi connectivity index (χ1n) is 7.58. The van der Waals surface area contributed by atoms with Crippen LogP contribution in [0.1, 0.15) is 39.5 Å². The van der Waals surface area contributed by atoms with Crippen LogP contribution in [-0.2, 0) is 4.74 Å². The number of unbranched alkanes of at least 4 members (excludes halogenated alkanes) is 2. The molecule has 0 radical (unpaired) electrons. The Kier molecular flexibility index (Phi) is 8.42. The number of ether oxygens (including phenoxy) is 1. The van der Waals surface area contributed by atoms with Crippen molar-refractivity contribution in [3.8, 4) is 0 Å². The standard InChI is InChI=1S/C14H23Cl2N3O3/c1-3-5-8-18(9-6-4-2)13(16)11(15)12(19(20)21)14-17-7-10-22-14/h17H,3-10H2,1-2H3/b13-11+,14-12-. The lowest BCUT2D eigenvalue weighted by molar-refractivity contribution is -0.423. The molecule has 6 nitrogen and oxygen atoms in total. The molecule has 0 atom stereocenters. The van der Waals surface area contributed by atoms with Gasteiger partial charge in [0.15, 0.2) is 5.03 Å². The third-order valence-electron chi connectivity index (χ3n) is 3.26. The van der Waals surface area contributed by atoms with Crippen LogP contribution >= 0.6 is 23.2 Å². The van der Waals surface area contributed by atoms with Gasteiger partial charge in [-0.1, -0.05) is 49.9 Å². The summed E-state index contributed by atoms with van der Waals surface area (Å²) in [7, 11) is 0. The highest BCUT2D eigenvalue weighted by molar-refractivity contribution is 6.40. The first-order chi connectivity index (χ1) is 10.5. The van der Waals surface area contributed by atoms with Crippen LogP contribution in [0.5, 0.6) is 0 Å². The van der Waals surface area contributed by atoms with Crippen LogP contribution in [0.4, 0.5) is 0 Å². The zero-order chi connectivity index (χ0) is 16.5. The molecule has 0 saturated carbocycles. The van der Waals surface area contributed by atoms with E-state index in [0.29, 0.717) is 13.2 Å². The maximum absolute atomic E-state index is 11.3. The van der Waals surface area contributed by atoms with Crippen molar-refractivity contribution in [3.05, 3.63) is 31.9 Å². The van der Waals surface area contributed by atoms with Gasteiger partial charge in [-0.2, -0.15) is 0 Å². The number of rotatable bonds is 9. The largest absolute Gasteiger partial charge is 0.472 e. The van der Waals surface area contributed by atoms with Crippen LogP contribution in [0.2, 0.25) is 0 Å². The monoisotopic (exact) mass is 351 g/mol. The topological polar surface area (TPSA) is 67.6 Å². The van der Waals surface area contributed by atoms with Crippen LogP contribution in [-0.4, -0.2) is 36.1 Å². The van der Waals surface area contributed by atoms with Gasteiger partial charge in [-0.3, -0.25) is 10.1 Å². The van der Waals surface area contributed by atoms with Gasteiger partial charge in [0.1, 0.15) is 11.8 Å². The molecule has 22 heavy (non-hydrogen) atoms. The molecular weight excluding hydrogens is 329 g/mol. The van der Waals surface area contributed by atoms with Crippen molar-refractivity contribution in [2.24, 2.45) is 0 Å². The minimum Gasteiger partial charge on any atom is -0.472 e. The van der Waals surface area contributed by atoms with Crippen molar-refractivity contribution >= 4 is 23.2 Å². The number of nitro groups is 1. The molecule has 0 unspecified atom stereocenters. The minimum absolute atomic E-state index is 0.0803. The van der Waals surface area contributed by atoms with E-state index in [-0.39, 0.29) is 21.8 Å². The highest BCUT2D eigenvalue weighted by Gasteiger charge is 2.30. The number of halogens is 2. The molecule has 1 saturated heterocycles. The number of nitrogens with one attached hydrogen (secondary N) is 1. The summed E-state index contributed by atoms with van der Waals surface area (Å²) in [6.07, 6.45) is 3.92. The van der Waals surface area contributed by atoms with Gasteiger partial charge in [-0.25, -0.2) is 0 Å². The Balaban J connectivity index is 3.07. The average Bonchev–Trinajstić information content (AvgIpc) is 3.00. The van der Waals surface area contributed by atoms with E-state index >= 15 is 0 Å². The van der Waals surface area contributed by atoms with Crippen LogP contribution in [0.25, 0.3) is 0 Å². The third kappa shape index (κ3) is 5.25. The van der Waals surface area contributed by atoms with Crippen molar-refractivity contribution in [2.45, 2.75) is 39.5 Å². The van der Waals surface area contributed by atoms with E-state index in [1.807, 2.05) is 4.90 Å². The van der Waals surface area contributed by atoms with E-state index in [4.69, 9.17) is 27.9 Å². The van der Waals surface area contributed by atoms with Gasteiger partial charge >= 0.3 is 5.70 Å². The molecule has 0 aromatic heterocycles. The molecule has 1 N–H and O–H groups in total. The smallest absolute Gasteiger partial charge is 0.349 e. The highest BCUT2D eigenvalue weighted by atomic mass is 35.5. The second-order valence-corrected chi connectivity index (χ2v) is 5.75. The number of hydrogen-bond acceptors (Lipinski definition) is 5. The van der Waals surface area contributed by atoms with Gasteiger partial charge in [0.05, 0.1) is 11.5 Å². The molecule has 8 heteroatoms. The maximum atomic E-state index is 11.3. The Bertz CT molecular complexity index is 437. The fourth-order valence-corrected chi connectivity index (χ4v) is 2.56. The Morgan fingerprint density at radius 3 is 2.32 bits per heavy atom. The molecule has 0 aromatic carbocycles. The van der Waals surface area contributed by atoms with Crippen molar-refractivity contribution in [1.29, 1.82) is 0 Å². The lowest BCUT2D eigenvalue weighted by atomic mass is 10.2. The first kappa shape index (κ1) is 18.9. The molecule has 0 amide bonds. The zero-order valence-corrected chi connectivity index (χ0v) is 14.5. The van der Waals surface area contributed by atoms with E-state index < -0.39 is 4.92 Å². The van der Waals surface area contributed by atoms with E-state index in [2.05, 4.69) is 19.2 Å². The Morgan fingerprint density at radius 1 is 1.32 bits per heavy atom. The van der Waals surface area contributed by atoms with Crippen molar-refractivity contribution < 1.29 is 9.66 Å². The normalized spacial score (nSPS) is 17.5. The van der Waals surface area contributed by atoms with E-state index in [9.17, 15) is 10.1 Å². The summed E-state index contributed by atoms with van der Waals surface area (Å²) in [6, 6.07) is 0. The molecule has 0 spiro atoms. The second-order valence-electron chi connectivity index (χ2n) is 5.01. The van der Waals surface area contributed by atoms with Gasteiger partial charge in [0.2, 0.25) is 0 Å². The van der Waals surface area contributed by atoms with Crippen molar-refractivity contribution in [2.75, 3.05) is 26.2 Å². The Morgan fingerprint density at radius 2 is 1.91 bits per heavy atom. The fraction of sp³-hybridized carbons (Fsp3) is 0.714. The predicted molar refractivity (Wildman–Crippen MR) is 88.1 cm³/mol. The molecular formula is C14H23Cl2N3O3. The molecule has 1 rings (SSSR count). The fourth-order valence-electron chi connectivity index (χ4n) is 2.03. The number of allylic oxidation sites excluding steroid dienone is 1. The summed E-state index contributed by atoms with van der Waals surface area (Å²) in [4.78, 5) is 12.7. The predicted octanol–water partition coefficient (Wildman–Crippen LogP) is 3.60. The molecule has 0 aromatic rings. The van der Waals surface area contributed by atoms with Crippen LogP contribution < -0.4 is 5.32 Å². The lowest BCUT2D eigenvalue weighted by Crippen LogP contribution is -2.25. The van der Waals surface area contributed by atoms with Gasteiger partial charge in [-0.05, 0) is 12.8 Å². The summed E-state index contributed by atoms with van der Waals surface area (Å²) in [6.45, 7) is 6.50. The van der Waals surface area contributed by atoms with E-state index in [1.54, 1.807) is 0 Å². The summed E-state index contributed by atoms with van der Waals surface area (Å²) in [5, 5.41) is 14.3. The molecule has 0 aliphatic carbocycles. The van der Waals surface area contributed by atoms with Crippen molar-refractivity contribution in [3.63, 3.8) is 0 Å². The van der Waals surface area contributed by atoms with Crippen LogP contribution in [0, 0.1) is 10.1 Å². The SMILES string of the molecule is CCCCN(CCCC)/C(Cl)=C(Cl)\C(=C1/NCCO1)[N+](=O)[O-]. The molecule has 1 aliphatic heterocycles. The summed E-state index contributed by atoms with van der Waals surface area (Å²) < 4.78 is 5.22. The van der Waals surface area contributed by atoms with E-state index in [1.165, 1.54) is 0 Å². The zero-order valence-electron chi connectivity index (χ0n) is 13.0. The van der Waals surface area contributed by atoms with Crippen LogP contribution in [0.3, 0.4) is 0 Å². The van der Waals surface area contributed by atoms with Gasteiger partial charge < -0.3 is 15.0 Å². The first-order valence-corrected chi connectivity index (χ1v) is 8.34. The number of hydrogen-bond donors (Lipinski definition) is 1. The van der Waals surface area contributed by atoms with Gasteiger partial charge in [-0.15, -0.1) is 0 Å². The van der Waals surface area contributed by atoms with E-state index in [0.717, 1.165) is 38.8 Å².